The van der Waals surface area contributed by atoms with E-state index >= 15 is 0 Å². The van der Waals surface area contributed by atoms with Gasteiger partial charge in [0.25, 0.3) is 0 Å². The Kier molecular flexibility index (Phi) is 4.07. The second-order valence-electron chi connectivity index (χ2n) is 5.55. The molecule has 1 heterocycles. The fraction of sp³-hybridized carbons (Fsp3) is 0.786. The minimum atomic E-state index is 0.229. The molecule has 4 nitrogen and oxygen atoms in total. The third kappa shape index (κ3) is 2.45. The second kappa shape index (κ2) is 5.41. The summed E-state index contributed by atoms with van der Waals surface area (Å²) in [6.07, 6.45) is 5.12. The molecule has 0 saturated heterocycles. The van der Waals surface area contributed by atoms with Crippen molar-refractivity contribution in [3.05, 3.63) is 17.5 Å². The molecule has 1 aliphatic rings. The molecular weight excluding hydrogens is 224 g/mol. The van der Waals surface area contributed by atoms with Gasteiger partial charge >= 0.3 is 0 Å². The molecule has 18 heavy (non-hydrogen) atoms. The third-order valence-electron chi connectivity index (χ3n) is 4.42. The van der Waals surface area contributed by atoms with E-state index in [4.69, 9.17) is 5.73 Å². The van der Waals surface area contributed by atoms with E-state index in [1.54, 1.807) is 0 Å². The fourth-order valence-electron chi connectivity index (χ4n) is 3.31. The maximum Gasteiger partial charge on any atom is 0.0597 e. The van der Waals surface area contributed by atoms with Gasteiger partial charge in [-0.3, -0.25) is 9.58 Å². The highest BCUT2D eigenvalue weighted by Gasteiger charge is 2.37. The molecule has 0 atom stereocenters. The van der Waals surface area contributed by atoms with Gasteiger partial charge in [0.15, 0.2) is 0 Å². The largest absolute Gasteiger partial charge is 0.329 e. The molecule has 0 amide bonds. The van der Waals surface area contributed by atoms with Gasteiger partial charge in [-0.05, 0) is 32.4 Å². The highest BCUT2D eigenvalue weighted by atomic mass is 15.3. The van der Waals surface area contributed by atoms with E-state index < -0.39 is 0 Å². The molecule has 1 aromatic heterocycles. The molecule has 1 saturated carbocycles. The van der Waals surface area contributed by atoms with E-state index in [-0.39, 0.29) is 5.54 Å². The molecule has 2 rings (SSSR count). The number of hydrogen-bond acceptors (Lipinski definition) is 3. The number of aromatic nitrogens is 2. The topological polar surface area (TPSA) is 47.1 Å². The van der Waals surface area contributed by atoms with Gasteiger partial charge in [-0.15, -0.1) is 0 Å². The standard InChI is InChI=1S/C14H26N4/c1-4-18(14(11-15)7-5-6-8-14)10-13-9-12(2)16-17(13)3/h9H,4-8,10-11,15H2,1-3H3. The predicted octanol–water partition coefficient (Wildman–Crippen LogP) is 1.82. The molecule has 0 aromatic carbocycles. The van der Waals surface area contributed by atoms with Crippen molar-refractivity contribution < 1.29 is 0 Å². The highest BCUT2D eigenvalue weighted by molar-refractivity contribution is 5.10. The molecule has 0 radical (unpaired) electrons. The number of aryl methyl sites for hydroxylation is 2. The van der Waals surface area contributed by atoms with Crippen molar-refractivity contribution >= 4 is 0 Å². The van der Waals surface area contributed by atoms with Crippen LogP contribution in [0.2, 0.25) is 0 Å². The first kappa shape index (κ1) is 13.6. The summed E-state index contributed by atoms with van der Waals surface area (Å²) in [5.41, 5.74) is 8.69. The summed E-state index contributed by atoms with van der Waals surface area (Å²) >= 11 is 0. The summed E-state index contributed by atoms with van der Waals surface area (Å²) < 4.78 is 2.00. The first-order valence-electron chi connectivity index (χ1n) is 7.06. The summed E-state index contributed by atoms with van der Waals surface area (Å²) in [5, 5.41) is 4.43. The predicted molar refractivity (Wildman–Crippen MR) is 74.3 cm³/mol. The summed E-state index contributed by atoms with van der Waals surface area (Å²) in [4.78, 5) is 2.55. The van der Waals surface area contributed by atoms with Crippen LogP contribution in [0.1, 0.15) is 44.0 Å². The quantitative estimate of drug-likeness (QED) is 0.867. The van der Waals surface area contributed by atoms with Crippen molar-refractivity contribution in [2.45, 2.75) is 51.6 Å². The van der Waals surface area contributed by atoms with Crippen LogP contribution in [-0.4, -0.2) is 33.3 Å². The number of rotatable bonds is 5. The number of nitrogens with zero attached hydrogens (tertiary/aromatic N) is 3. The molecule has 2 N–H and O–H groups in total. The van der Waals surface area contributed by atoms with Gasteiger partial charge in [0, 0.05) is 25.7 Å². The summed E-state index contributed by atoms with van der Waals surface area (Å²) in [6, 6.07) is 2.18. The normalized spacial score (nSPS) is 18.7. The zero-order valence-electron chi connectivity index (χ0n) is 11.9. The molecule has 0 bridgehead atoms. The third-order valence-corrected chi connectivity index (χ3v) is 4.42. The van der Waals surface area contributed by atoms with Gasteiger partial charge in [-0.2, -0.15) is 5.10 Å². The minimum Gasteiger partial charge on any atom is -0.329 e. The smallest absolute Gasteiger partial charge is 0.0597 e. The zero-order chi connectivity index (χ0) is 13.2. The Morgan fingerprint density at radius 3 is 2.56 bits per heavy atom. The van der Waals surface area contributed by atoms with Crippen LogP contribution in [0.5, 0.6) is 0 Å². The van der Waals surface area contributed by atoms with Crippen LogP contribution < -0.4 is 5.73 Å². The Morgan fingerprint density at radius 2 is 2.11 bits per heavy atom. The Bertz CT molecular complexity index is 390. The molecule has 0 unspecified atom stereocenters. The molecule has 1 fully saturated rings. The highest BCUT2D eigenvalue weighted by Crippen LogP contribution is 2.35. The zero-order valence-corrected chi connectivity index (χ0v) is 11.9. The average molecular weight is 250 g/mol. The van der Waals surface area contributed by atoms with Crippen molar-refractivity contribution in [1.29, 1.82) is 0 Å². The van der Waals surface area contributed by atoms with Gasteiger partial charge < -0.3 is 5.73 Å². The van der Waals surface area contributed by atoms with Crippen molar-refractivity contribution in [1.82, 2.24) is 14.7 Å². The van der Waals surface area contributed by atoms with Crippen molar-refractivity contribution in [2.24, 2.45) is 12.8 Å². The van der Waals surface area contributed by atoms with E-state index in [1.807, 2.05) is 18.7 Å². The monoisotopic (exact) mass is 250 g/mol. The van der Waals surface area contributed by atoms with E-state index in [9.17, 15) is 0 Å². The van der Waals surface area contributed by atoms with Crippen molar-refractivity contribution in [3.63, 3.8) is 0 Å². The van der Waals surface area contributed by atoms with Crippen LogP contribution in [0.4, 0.5) is 0 Å². The van der Waals surface area contributed by atoms with Gasteiger partial charge in [0.1, 0.15) is 0 Å². The van der Waals surface area contributed by atoms with Gasteiger partial charge in [-0.25, -0.2) is 0 Å². The average Bonchev–Trinajstić information content (AvgIpc) is 2.94. The lowest BCUT2D eigenvalue weighted by Gasteiger charge is -2.40. The van der Waals surface area contributed by atoms with Crippen LogP contribution in [0.15, 0.2) is 6.07 Å². The van der Waals surface area contributed by atoms with Crippen LogP contribution in [0.25, 0.3) is 0 Å². The SMILES string of the molecule is CCN(Cc1cc(C)nn1C)C1(CN)CCCC1. The van der Waals surface area contributed by atoms with Crippen LogP contribution in [0.3, 0.4) is 0 Å². The van der Waals surface area contributed by atoms with E-state index in [2.05, 4.69) is 23.0 Å². The molecule has 4 heteroatoms. The molecule has 0 aliphatic heterocycles. The lowest BCUT2D eigenvalue weighted by Crippen LogP contribution is -2.51. The molecular formula is C14H26N4. The Labute approximate surface area is 110 Å². The number of likely N-dealkylation sites (N-methyl/N-ethyl adjacent to an activating group) is 1. The first-order valence-corrected chi connectivity index (χ1v) is 7.06. The van der Waals surface area contributed by atoms with Crippen LogP contribution in [-0.2, 0) is 13.6 Å². The van der Waals surface area contributed by atoms with Crippen molar-refractivity contribution in [2.75, 3.05) is 13.1 Å². The summed E-state index contributed by atoms with van der Waals surface area (Å²) in [6.45, 7) is 7.08. The summed E-state index contributed by atoms with van der Waals surface area (Å²) in [5.74, 6) is 0. The van der Waals surface area contributed by atoms with Crippen LogP contribution in [0, 0.1) is 6.92 Å². The maximum atomic E-state index is 6.08. The second-order valence-corrected chi connectivity index (χ2v) is 5.55. The molecule has 1 aromatic rings. The lowest BCUT2D eigenvalue weighted by atomic mass is 9.95. The van der Waals surface area contributed by atoms with Crippen LogP contribution >= 0.6 is 0 Å². The minimum absolute atomic E-state index is 0.229. The molecule has 1 aliphatic carbocycles. The lowest BCUT2D eigenvalue weighted by molar-refractivity contribution is 0.0942. The van der Waals surface area contributed by atoms with E-state index in [0.717, 1.165) is 25.3 Å². The van der Waals surface area contributed by atoms with Gasteiger partial charge in [-0.1, -0.05) is 19.8 Å². The first-order chi connectivity index (χ1) is 8.61. The maximum absolute atomic E-state index is 6.08. The van der Waals surface area contributed by atoms with E-state index in [1.165, 1.54) is 31.4 Å². The van der Waals surface area contributed by atoms with Gasteiger partial charge in [0.2, 0.25) is 0 Å². The van der Waals surface area contributed by atoms with E-state index in [0.29, 0.717) is 0 Å². The summed E-state index contributed by atoms with van der Waals surface area (Å²) in [7, 11) is 2.03. The number of nitrogens with two attached hydrogens (primary N) is 1. The molecule has 102 valence electrons. The Balaban J connectivity index is 2.16. The molecule has 0 spiro atoms. The van der Waals surface area contributed by atoms with Crippen molar-refractivity contribution in [3.8, 4) is 0 Å². The number of hydrogen-bond donors (Lipinski definition) is 1. The van der Waals surface area contributed by atoms with Gasteiger partial charge in [0.05, 0.1) is 11.4 Å². The fourth-order valence-corrected chi connectivity index (χ4v) is 3.31. The Hall–Kier alpha value is -0.870. The Morgan fingerprint density at radius 1 is 1.44 bits per heavy atom.